The lowest BCUT2D eigenvalue weighted by atomic mass is 10.0. The van der Waals surface area contributed by atoms with Gasteiger partial charge in [0.25, 0.3) is 5.91 Å². The van der Waals surface area contributed by atoms with E-state index < -0.39 is 17.4 Å². The first-order valence-corrected chi connectivity index (χ1v) is 9.70. The van der Waals surface area contributed by atoms with Crippen LogP contribution in [0.25, 0.3) is 10.8 Å². The lowest BCUT2D eigenvalue weighted by molar-refractivity contribution is -0.143. The summed E-state index contributed by atoms with van der Waals surface area (Å²) in [7, 11) is 0. The number of carboxylic acid groups (broad SMARTS) is 1. The molecular formula is C24H25NO5. The maximum Gasteiger partial charge on any atom is 0.328 e. The third-order valence-electron chi connectivity index (χ3n) is 4.63. The predicted molar refractivity (Wildman–Crippen MR) is 115 cm³/mol. The largest absolute Gasteiger partial charge is 0.490 e. The molecule has 1 amide bonds. The zero-order valence-corrected chi connectivity index (χ0v) is 17.2. The number of benzene rings is 3. The molecule has 0 radical (unpaired) electrons. The van der Waals surface area contributed by atoms with Crippen molar-refractivity contribution in [1.82, 2.24) is 5.32 Å². The molecule has 3 aromatic carbocycles. The zero-order chi connectivity index (χ0) is 21.7. The number of nitrogens with one attached hydrogen (secondary N) is 1. The fourth-order valence-electron chi connectivity index (χ4n) is 2.92. The number of carbonyl (C=O) groups is 2. The van der Waals surface area contributed by atoms with Crippen LogP contribution in [-0.2, 0) is 4.79 Å². The summed E-state index contributed by atoms with van der Waals surface area (Å²) in [5.41, 5.74) is -1.14. The van der Waals surface area contributed by atoms with Crippen molar-refractivity contribution < 1.29 is 24.2 Å². The quantitative estimate of drug-likeness (QED) is 0.582. The molecule has 156 valence electrons. The molecule has 2 N–H and O–H groups in total. The van der Waals surface area contributed by atoms with Gasteiger partial charge in [-0.05, 0) is 44.4 Å². The van der Waals surface area contributed by atoms with Crippen LogP contribution in [-0.4, -0.2) is 35.2 Å². The predicted octanol–water partition coefficient (Wildman–Crippen LogP) is 4.28. The first kappa shape index (κ1) is 21.2. The van der Waals surface area contributed by atoms with Crippen molar-refractivity contribution in [3.05, 3.63) is 72.3 Å². The van der Waals surface area contributed by atoms with Crippen LogP contribution >= 0.6 is 0 Å². The maximum atomic E-state index is 12.9. The Labute approximate surface area is 175 Å². The smallest absolute Gasteiger partial charge is 0.328 e. The Hall–Kier alpha value is -3.54. The number of carbonyl (C=O) groups excluding carboxylic acids is 1. The molecule has 0 aliphatic rings. The van der Waals surface area contributed by atoms with Gasteiger partial charge in [-0.15, -0.1) is 0 Å². The third-order valence-corrected chi connectivity index (χ3v) is 4.63. The second-order valence-electron chi connectivity index (χ2n) is 7.60. The van der Waals surface area contributed by atoms with E-state index in [0.29, 0.717) is 5.75 Å². The normalized spacial score (nSPS) is 12.2. The molecule has 0 aliphatic heterocycles. The second-order valence-corrected chi connectivity index (χ2v) is 7.60. The summed E-state index contributed by atoms with van der Waals surface area (Å²) in [4.78, 5) is 24.3. The van der Waals surface area contributed by atoms with Gasteiger partial charge in [0.05, 0.1) is 5.56 Å². The van der Waals surface area contributed by atoms with Gasteiger partial charge in [0.2, 0.25) is 0 Å². The van der Waals surface area contributed by atoms with Crippen molar-refractivity contribution in [2.75, 3.05) is 6.61 Å². The van der Waals surface area contributed by atoms with E-state index in [1.54, 1.807) is 6.07 Å². The Balaban J connectivity index is 1.88. The molecule has 1 atom stereocenters. The van der Waals surface area contributed by atoms with Crippen LogP contribution in [0.2, 0.25) is 0 Å². The number of amides is 1. The topological polar surface area (TPSA) is 84.9 Å². The van der Waals surface area contributed by atoms with E-state index >= 15 is 0 Å². The number of hydrogen-bond acceptors (Lipinski definition) is 4. The Morgan fingerprint density at radius 3 is 2.37 bits per heavy atom. The van der Waals surface area contributed by atoms with Crippen LogP contribution in [0, 0.1) is 0 Å². The number of fused-ring (bicyclic) bond motifs is 1. The number of rotatable bonds is 8. The van der Waals surface area contributed by atoms with E-state index in [0.717, 1.165) is 16.5 Å². The second kappa shape index (κ2) is 8.86. The lowest BCUT2D eigenvalue weighted by Crippen LogP contribution is -2.49. The highest BCUT2D eigenvalue weighted by Crippen LogP contribution is 2.31. The van der Waals surface area contributed by atoms with Gasteiger partial charge in [-0.1, -0.05) is 48.5 Å². The average Bonchev–Trinajstić information content (AvgIpc) is 2.72. The lowest BCUT2D eigenvalue weighted by Gasteiger charge is -2.23. The van der Waals surface area contributed by atoms with Crippen LogP contribution < -0.4 is 14.8 Å². The number of hydrogen-bond donors (Lipinski definition) is 2. The Kier molecular flexibility index (Phi) is 6.26. The molecule has 0 aliphatic carbocycles. The van der Waals surface area contributed by atoms with E-state index in [9.17, 15) is 14.7 Å². The Bertz CT molecular complexity index is 1050. The SMILES string of the molecule is CC(COc1ccccc1)Oc1c(C(=O)NC(C)(C)C(=O)O)ccc2ccccc12. The monoisotopic (exact) mass is 407 g/mol. The number of ether oxygens (including phenoxy) is 2. The molecule has 3 aromatic rings. The summed E-state index contributed by atoms with van der Waals surface area (Å²) in [6.45, 7) is 5.01. The minimum atomic E-state index is -1.41. The molecule has 3 rings (SSSR count). The summed E-state index contributed by atoms with van der Waals surface area (Å²) >= 11 is 0. The minimum Gasteiger partial charge on any atom is -0.490 e. The van der Waals surface area contributed by atoms with Crippen LogP contribution in [0.4, 0.5) is 0 Å². The zero-order valence-electron chi connectivity index (χ0n) is 17.2. The van der Waals surface area contributed by atoms with Gasteiger partial charge in [-0.3, -0.25) is 4.79 Å². The fourth-order valence-corrected chi connectivity index (χ4v) is 2.92. The van der Waals surface area contributed by atoms with Gasteiger partial charge in [0, 0.05) is 5.39 Å². The minimum absolute atomic E-state index is 0.273. The molecule has 6 heteroatoms. The van der Waals surface area contributed by atoms with E-state index in [1.807, 2.05) is 67.6 Å². The molecule has 0 saturated heterocycles. The van der Waals surface area contributed by atoms with Crippen LogP contribution in [0.15, 0.2) is 66.7 Å². The molecule has 6 nitrogen and oxygen atoms in total. The van der Waals surface area contributed by atoms with Gasteiger partial charge in [0.1, 0.15) is 29.7 Å². The van der Waals surface area contributed by atoms with Crippen molar-refractivity contribution in [2.45, 2.75) is 32.4 Å². The molecule has 0 spiro atoms. The standard InChI is InChI=1S/C24H25NO5/c1-16(15-29-18-10-5-4-6-11-18)30-21-19-12-8-7-9-17(19)13-14-20(21)22(26)25-24(2,3)23(27)28/h4-14,16H,15H2,1-3H3,(H,25,26)(H,27,28). The van der Waals surface area contributed by atoms with Gasteiger partial charge >= 0.3 is 5.97 Å². The van der Waals surface area contributed by atoms with E-state index in [-0.39, 0.29) is 18.3 Å². The van der Waals surface area contributed by atoms with Crippen molar-refractivity contribution in [2.24, 2.45) is 0 Å². The highest BCUT2D eigenvalue weighted by molar-refractivity contribution is 6.05. The third kappa shape index (κ3) is 4.89. The van der Waals surface area contributed by atoms with Crippen LogP contribution in [0.1, 0.15) is 31.1 Å². The molecule has 30 heavy (non-hydrogen) atoms. The number of aliphatic carboxylic acids is 1. The van der Waals surface area contributed by atoms with Crippen LogP contribution in [0.5, 0.6) is 11.5 Å². The van der Waals surface area contributed by atoms with Crippen molar-refractivity contribution in [3.8, 4) is 11.5 Å². The fraction of sp³-hybridized carbons (Fsp3) is 0.250. The summed E-state index contributed by atoms with van der Waals surface area (Å²) in [6.07, 6.45) is -0.352. The molecule has 0 saturated carbocycles. The summed E-state index contributed by atoms with van der Waals surface area (Å²) < 4.78 is 11.9. The van der Waals surface area contributed by atoms with Crippen molar-refractivity contribution >= 4 is 22.6 Å². The molecule has 0 aromatic heterocycles. The Morgan fingerprint density at radius 1 is 1.00 bits per heavy atom. The highest BCUT2D eigenvalue weighted by atomic mass is 16.5. The molecule has 0 bridgehead atoms. The number of carboxylic acids is 1. The summed E-state index contributed by atoms with van der Waals surface area (Å²) in [5, 5.41) is 13.6. The average molecular weight is 407 g/mol. The molecule has 0 fully saturated rings. The van der Waals surface area contributed by atoms with Crippen LogP contribution in [0.3, 0.4) is 0 Å². The molecule has 0 heterocycles. The van der Waals surface area contributed by atoms with E-state index in [2.05, 4.69) is 5.32 Å². The van der Waals surface area contributed by atoms with Gasteiger partial charge in [-0.25, -0.2) is 4.79 Å². The number of para-hydroxylation sites is 1. The molecule has 1 unspecified atom stereocenters. The maximum absolute atomic E-state index is 12.9. The van der Waals surface area contributed by atoms with Gasteiger partial charge < -0.3 is 19.9 Å². The van der Waals surface area contributed by atoms with Gasteiger partial charge in [-0.2, -0.15) is 0 Å². The summed E-state index contributed by atoms with van der Waals surface area (Å²) in [5.74, 6) is -0.508. The van der Waals surface area contributed by atoms with Crippen molar-refractivity contribution in [1.29, 1.82) is 0 Å². The van der Waals surface area contributed by atoms with E-state index in [4.69, 9.17) is 9.47 Å². The first-order chi connectivity index (χ1) is 14.3. The first-order valence-electron chi connectivity index (χ1n) is 9.70. The van der Waals surface area contributed by atoms with Crippen molar-refractivity contribution in [3.63, 3.8) is 0 Å². The molecular weight excluding hydrogens is 382 g/mol. The Morgan fingerprint density at radius 2 is 1.67 bits per heavy atom. The highest BCUT2D eigenvalue weighted by Gasteiger charge is 2.31. The van der Waals surface area contributed by atoms with Gasteiger partial charge in [0.15, 0.2) is 0 Å². The van der Waals surface area contributed by atoms with E-state index in [1.165, 1.54) is 13.8 Å². The summed E-state index contributed by atoms with van der Waals surface area (Å²) in [6, 6.07) is 20.4.